The fourth-order valence-electron chi connectivity index (χ4n) is 1.84. The van der Waals surface area contributed by atoms with Crippen molar-refractivity contribution >= 4 is 22.8 Å². The number of ether oxygens (including phenoxy) is 2. The molecule has 0 aromatic carbocycles. The molecule has 0 fully saturated rings. The Morgan fingerprint density at radius 3 is 2.63 bits per heavy atom. The highest BCUT2D eigenvalue weighted by Gasteiger charge is 2.19. The molecule has 0 N–H and O–H groups in total. The molecule has 0 aliphatic rings. The maximum absolute atomic E-state index is 11.0. The highest BCUT2D eigenvalue weighted by molar-refractivity contribution is 7.17. The molecule has 19 heavy (non-hydrogen) atoms. The van der Waals surface area contributed by atoms with E-state index in [-0.39, 0.29) is 6.04 Å². The van der Waals surface area contributed by atoms with Crippen LogP contribution < -0.4 is 4.90 Å². The third-order valence-corrected chi connectivity index (χ3v) is 3.94. The van der Waals surface area contributed by atoms with Crippen LogP contribution in [0.1, 0.15) is 29.2 Å². The van der Waals surface area contributed by atoms with Crippen molar-refractivity contribution in [2.24, 2.45) is 0 Å². The van der Waals surface area contributed by atoms with E-state index in [4.69, 9.17) is 9.47 Å². The number of hydrogen-bond donors (Lipinski definition) is 0. The van der Waals surface area contributed by atoms with Gasteiger partial charge in [0.15, 0.2) is 11.4 Å². The topological polar surface area (TPSA) is 51.7 Å². The molecule has 0 aliphatic carbocycles. The number of thiazole rings is 1. The lowest BCUT2D eigenvalue weighted by molar-refractivity contribution is 0.112. The molecular formula is C13H22N2O3S. The van der Waals surface area contributed by atoms with Crippen molar-refractivity contribution < 1.29 is 14.3 Å². The summed E-state index contributed by atoms with van der Waals surface area (Å²) in [5, 5.41) is 0.862. The van der Waals surface area contributed by atoms with Gasteiger partial charge in [0, 0.05) is 20.8 Å². The Labute approximate surface area is 118 Å². The monoisotopic (exact) mass is 286 g/mol. The standard InChI is InChI=1S/C13H22N2O3S/c1-5-11-12(8-16)19-13(14-11)15(6-7-17-3)10(2)9-18-4/h8,10H,5-7,9H2,1-4H3. The maximum Gasteiger partial charge on any atom is 0.186 e. The first-order chi connectivity index (χ1) is 9.17. The van der Waals surface area contributed by atoms with Gasteiger partial charge in [-0.2, -0.15) is 0 Å². The van der Waals surface area contributed by atoms with Crippen LogP contribution in [0.5, 0.6) is 0 Å². The molecule has 0 amide bonds. The van der Waals surface area contributed by atoms with Gasteiger partial charge in [-0.1, -0.05) is 18.3 Å². The SMILES string of the molecule is CCc1nc(N(CCOC)C(C)COC)sc1C=O. The smallest absolute Gasteiger partial charge is 0.186 e. The van der Waals surface area contributed by atoms with Gasteiger partial charge < -0.3 is 14.4 Å². The lowest BCUT2D eigenvalue weighted by Gasteiger charge is -2.28. The number of methoxy groups -OCH3 is 2. The lowest BCUT2D eigenvalue weighted by Crippen LogP contribution is -2.38. The molecule has 1 aromatic heterocycles. The number of aromatic nitrogens is 1. The van der Waals surface area contributed by atoms with Crippen molar-refractivity contribution in [1.29, 1.82) is 0 Å². The van der Waals surface area contributed by atoms with Crippen molar-refractivity contribution in [3.63, 3.8) is 0 Å². The summed E-state index contributed by atoms with van der Waals surface area (Å²) < 4.78 is 10.3. The van der Waals surface area contributed by atoms with E-state index in [0.717, 1.165) is 30.1 Å². The van der Waals surface area contributed by atoms with Crippen LogP contribution >= 0.6 is 11.3 Å². The summed E-state index contributed by atoms with van der Waals surface area (Å²) >= 11 is 1.43. The zero-order valence-electron chi connectivity index (χ0n) is 12.0. The molecule has 0 saturated heterocycles. The van der Waals surface area contributed by atoms with Crippen LogP contribution in [-0.4, -0.2) is 51.3 Å². The number of aryl methyl sites for hydroxylation is 1. The van der Waals surface area contributed by atoms with Crippen LogP contribution in [0.2, 0.25) is 0 Å². The van der Waals surface area contributed by atoms with Crippen LogP contribution in [-0.2, 0) is 15.9 Å². The Morgan fingerprint density at radius 2 is 2.16 bits per heavy atom. The number of aldehydes is 1. The summed E-state index contributed by atoms with van der Waals surface area (Å²) in [4.78, 5) is 18.4. The molecule has 108 valence electrons. The number of carbonyl (C=O) groups is 1. The van der Waals surface area contributed by atoms with Gasteiger partial charge in [0.2, 0.25) is 0 Å². The first-order valence-electron chi connectivity index (χ1n) is 6.37. The first-order valence-corrected chi connectivity index (χ1v) is 7.18. The van der Waals surface area contributed by atoms with E-state index in [1.54, 1.807) is 14.2 Å². The van der Waals surface area contributed by atoms with Gasteiger partial charge in [0.05, 0.1) is 29.8 Å². The fourth-order valence-corrected chi connectivity index (χ4v) is 2.94. The molecule has 5 nitrogen and oxygen atoms in total. The van der Waals surface area contributed by atoms with Gasteiger partial charge in [-0.3, -0.25) is 4.79 Å². The van der Waals surface area contributed by atoms with Gasteiger partial charge in [0.1, 0.15) is 0 Å². The Bertz CT molecular complexity index is 395. The Kier molecular flexibility index (Phi) is 6.97. The van der Waals surface area contributed by atoms with Crippen molar-refractivity contribution in [2.75, 3.05) is 38.9 Å². The summed E-state index contributed by atoms with van der Waals surface area (Å²) in [6, 6.07) is 0.190. The molecular weight excluding hydrogens is 264 g/mol. The van der Waals surface area contributed by atoms with Gasteiger partial charge in [-0.25, -0.2) is 4.98 Å². The molecule has 1 unspecified atom stereocenters. The molecule has 0 aliphatic heterocycles. The Hall–Kier alpha value is -0.980. The van der Waals surface area contributed by atoms with Crippen molar-refractivity contribution in [2.45, 2.75) is 26.3 Å². The maximum atomic E-state index is 11.0. The van der Waals surface area contributed by atoms with Crippen LogP contribution in [0.3, 0.4) is 0 Å². The summed E-state index contributed by atoms with van der Waals surface area (Å²) in [5.74, 6) is 0. The quantitative estimate of drug-likeness (QED) is 0.650. The third kappa shape index (κ3) is 4.26. The van der Waals surface area contributed by atoms with Crippen LogP contribution in [0.25, 0.3) is 0 Å². The zero-order valence-corrected chi connectivity index (χ0v) is 12.8. The minimum Gasteiger partial charge on any atom is -0.383 e. The van der Waals surface area contributed by atoms with Gasteiger partial charge >= 0.3 is 0 Å². The lowest BCUT2D eigenvalue weighted by atomic mass is 10.3. The summed E-state index contributed by atoms with van der Waals surface area (Å²) in [5.41, 5.74) is 0.863. The Morgan fingerprint density at radius 1 is 1.42 bits per heavy atom. The third-order valence-electron chi connectivity index (χ3n) is 2.88. The second-order valence-electron chi connectivity index (χ2n) is 4.27. The second-order valence-corrected chi connectivity index (χ2v) is 5.28. The molecule has 1 atom stereocenters. The number of nitrogens with zero attached hydrogens (tertiary/aromatic N) is 2. The predicted molar refractivity (Wildman–Crippen MR) is 77.4 cm³/mol. The van der Waals surface area contributed by atoms with Crippen LogP contribution in [0, 0.1) is 0 Å². The van der Waals surface area contributed by atoms with E-state index >= 15 is 0 Å². The molecule has 0 radical (unpaired) electrons. The van der Waals surface area contributed by atoms with Gasteiger partial charge in [0.25, 0.3) is 0 Å². The second kappa shape index (κ2) is 8.24. The van der Waals surface area contributed by atoms with Gasteiger partial charge in [-0.05, 0) is 13.3 Å². The van der Waals surface area contributed by atoms with E-state index in [2.05, 4.69) is 16.8 Å². The fraction of sp³-hybridized carbons (Fsp3) is 0.692. The largest absolute Gasteiger partial charge is 0.383 e. The number of rotatable bonds is 9. The number of carbonyl (C=O) groups excluding carboxylic acids is 1. The van der Waals surface area contributed by atoms with Crippen molar-refractivity contribution in [3.8, 4) is 0 Å². The van der Waals surface area contributed by atoms with E-state index in [1.807, 2.05) is 6.92 Å². The van der Waals surface area contributed by atoms with Crippen LogP contribution in [0.4, 0.5) is 5.13 Å². The molecule has 1 aromatic rings. The molecule has 0 spiro atoms. The minimum absolute atomic E-state index is 0.190. The predicted octanol–water partition coefficient (Wildman–Crippen LogP) is 2.01. The number of hydrogen-bond acceptors (Lipinski definition) is 6. The van der Waals surface area contributed by atoms with Crippen LogP contribution in [0.15, 0.2) is 0 Å². The minimum atomic E-state index is 0.190. The summed E-state index contributed by atoms with van der Waals surface area (Å²) in [6.45, 7) is 6.04. The molecule has 1 heterocycles. The first kappa shape index (κ1) is 16.1. The Balaban J connectivity index is 2.95. The van der Waals surface area contributed by atoms with E-state index in [1.165, 1.54) is 11.3 Å². The van der Waals surface area contributed by atoms with E-state index in [0.29, 0.717) is 18.1 Å². The highest BCUT2D eigenvalue weighted by atomic mass is 32.1. The highest BCUT2D eigenvalue weighted by Crippen LogP contribution is 2.27. The average molecular weight is 286 g/mol. The van der Waals surface area contributed by atoms with E-state index < -0.39 is 0 Å². The van der Waals surface area contributed by atoms with E-state index in [9.17, 15) is 4.79 Å². The summed E-state index contributed by atoms with van der Waals surface area (Å²) in [6.07, 6.45) is 1.65. The average Bonchev–Trinajstić information content (AvgIpc) is 2.82. The van der Waals surface area contributed by atoms with Gasteiger partial charge in [-0.15, -0.1) is 0 Å². The molecule has 6 heteroatoms. The summed E-state index contributed by atoms with van der Waals surface area (Å²) in [7, 11) is 3.36. The molecule has 1 rings (SSSR count). The number of anilines is 1. The van der Waals surface area contributed by atoms with Crippen molar-refractivity contribution in [3.05, 3.63) is 10.6 Å². The zero-order chi connectivity index (χ0) is 14.3. The van der Waals surface area contributed by atoms with Crippen molar-refractivity contribution in [1.82, 2.24) is 4.98 Å². The normalized spacial score (nSPS) is 12.4. The molecule has 0 saturated carbocycles. The molecule has 0 bridgehead atoms.